The van der Waals surface area contributed by atoms with E-state index in [1.807, 2.05) is 43.1 Å². The van der Waals surface area contributed by atoms with Crippen LogP contribution in [-0.4, -0.2) is 23.6 Å². The number of para-hydroxylation sites is 1. The van der Waals surface area contributed by atoms with Gasteiger partial charge in [-0.2, -0.15) is 0 Å². The maximum Gasteiger partial charge on any atom is 0.156 e. The molecule has 3 rings (SSSR count). The first-order valence-corrected chi connectivity index (χ1v) is 9.01. The molecule has 1 aromatic heterocycles. The van der Waals surface area contributed by atoms with E-state index in [-0.39, 0.29) is 5.88 Å². The fourth-order valence-electron chi connectivity index (χ4n) is 2.57. The van der Waals surface area contributed by atoms with Gasteiger partial charge in [0.2, 0.25) is 0 Å². The number of alkyl halides is 1. The molecule has 0 aliphatic carbocycles. The number of nitrogens with zero attached hydrogens (tertiary/aromatic N) is 3. The molecule has 0 spiro atoms. The molecule has 4 nitrogen and oxygen atoms in total. The fourth-order valence-corrected chi connectivity index (χ4v) is 3.27. The van der Waals surface area contributed by atoms with E-state index in [4.69, 9.17) is 39.5 Å². The number of benzene rings is 2. The van der Waals surface area contributed by atoms with Crippen molar-refractivity contribution in [2.24, 2.45) is 0 Å². The Hall–Kier alpha value is -1.75. The number of hydrogen-bond acceptors (Lipinski definition) is 4. The number of ether oxygens (including phenoxy) is 1. The van der Waals surface area contributed by atoms with Crippen LogP contribution in [0, 0.1) is 0 Å². The summed E-state index contributed by atoms with van der Waals surface area (Å²) in [6.07, 6.45) is 0. The molecule has 0 unspecified atom stereocenters. The molecular weight excluding hydrogens is 381 g/mol. The first-order chi connectivity index (χ1) is 12.0. The highest BCUT2D eigenvalue weighted by Gasteiger charge is 2.16. The third kappa shape index (κ3) is 3.61. The van der Waals surface area contributed by atoms with Crippen LogP contribution in [0.25, 0.3) is 10.9 Å². The molecule has 2 aromatic carbocycles. The van der Waals surface area contributed by atoms with E-state index in [1.165, 1.54) is 0 Å². The molecule has 3 aromatic rings. The number of aromatic nitrogens is 2. The highest BCUT2D eigenvalue weighted by atomic mass is 35.5. The van der Waals surface area contributed by atoms with E-state index >= 15 is 0 Å². The zero-order valence-corrected chi connectivity index (χ0v) is 16.0. The van der Waals surface area contributed by atoms with Gasteiger partial charge in [0.25, 0.3) is 0 Å². The van der Waals surface area contributed by atoms with Gasteiger partial charge in [0.05, 0.1) is 28.0 Å². The van der Waals surface area contributed by atoms with Crippen molar-refractivity contribution in [2.45, 2.75) is 12.8 Å². The molecule has 0 amide bonds. The molecule has 0 aliphatic heterocycles. The van der Waals surface area contributed by atoms with Crippen molar-refractivity contribution in [3.63, 3.8) is 0 Å². The van der Waals surface area contributed by atoms with E-state index in [0.29, 0.717) is 28.2 Å². The van der Waals surface area contributed by atoms with Crippen molar-refractivity contribution in [1.29, 1.82) is 0 Å². The number of hydrogen-bond donors (Lipinski definition) is 0. The smallest absolute Gasteiger partial charge is 0.156 e. The Kier molecular flexibility index (Phi) is 5.52. The summed E-state index contributed by atoms with van der Waals surface area (Å²) in [6, 6.07) is 11.4. The second-order valence-electron chi connectivity index (χ2n) is 5.34. The van der Waals surface area contributed by atoms with Gasteiger partial charge >= 0.3 is 0 Å². The van der Waals surface area contributed by atoms with Crippen molar-refractivity contribution in [2.75, 3.05) is 18.6 Å². The molecule has 25 heavy (non-hydrogen) atoms. The fraction of sp³-hybridized carbons (Fsp3) is 0.222. The number of anilines is 2. The Labute approximate surface area is 161 Å². The van der Waals surface area contributed by atoms with Crippen LogP contribution in [0.4, 0.5) is 11.5 Å². The molecule has 0 radical (unpaired) electrons. The lowest BCUT2D eigenvalue weighted by molar-refractivity contribution is 0.340. The summed E-state index contributed by atoms with van der Waals surface area (Å²) in [5.41, 5.74) is 1.63. The highest BCUT2D eigenvalue weighted by Crippen LogP contribution is 2.39. The van der Waals surface area contributed by atoms with Crippen molar-refractivity contribution in [3.05, 3.63) is 52.3 Å². The van der Waals surface area contributed by atoms with Gasteiger partial charge in [-0.3, -0.25) is 0 Å². The quantitative estimate of drug-likeness (QED) is 0.508. The second kappa shape index (κ2) is 7.65. The summed E-state index contributed by atoms with van der Waals surface area (Å²) >= 11 is 18.6. The summed E-state index contributed by atoms with van der Waals surface area (Å²) in [6.45, 7) is 2.37. The summed E-state index contributed by atoms with van der Waals surface area (Å²) in [5.74, 6) is 2.01. The van der Waals surface area contributed by atoms with Crippen LogP contribution in [0.3, 0.4) is 0 Å². The van der Waals surface area contributed by atoms with Gasteiger partial charge in [-0.25, -0.2) is 9.97 Å². The second-order valence-corrected chi connectivity index (χ2v) is 6.43. The van der Waals surface area contributed by atoms with Crippen LogP contribution in [0.5, 0.6) is 5.75 Å². The Morgan fingerprint density at radius 3 is 2.40 bits per heavy atom. The van der Waals surface area contributed by atoms with Gasteiger partial charge in [0.15, 0.2) is 5.75 Å². The van der Waals surface area contributed by atoms with Crippen LogP contribution in [-0.2, 0) is 5.88 Å². The molecule has 0 aliphatic rings. The molecule has 1 heterocycles. The average Bonchev–Trinajstić information content (AvgIpc) is 2.63. The van der Waals surface area contributed by atoms with E-state index < -0.39 is 0 Å². The topological polar surface area (TPSA) is 38.2 Å². The normalized spacial score (nSPS) is 10.9. The predicted octanol–water partition coefficient (Wildman–Crippen LogP) is 5.84. The van der Waals surface area contributed by atoms with Crippen molar-refractivity contribution >= 4 is 57.2 Å². The zero-order chi connectivity index (χ0) is 18.0. The SMILES string of the molecule is CCOc1c(Cl)cc(N(C)c2nc(CCl)nc3ccccc23)cc1Cl. The zero-order valence-electron chi connectivity index (χ0n) is 13.8. The third-order valence-corrected chi connectivity index (χ3v) is 4.53. The molecule has 130 valence electrons. The number of halogens is 3. The van der Waals surface area contributed by atoms with Gasteiger partial charge in [-0.1, -0.05) is 35.3 Å². The molecule has 0 saturated heterocycles. The van der Waals surface area contributed by atoms with Crippen LogP contribution >= 0.6 is 34.8 Å². The molecule has 7 heteroatoms. The van der Waals surface area contributed by atoms with Crippen LogP contribution in [0.2, 0.25) is 10.0 Å². The molecule has 0 fully saturated rings. The lowest BCUT2D eigenvalue weighted by atomic mass is 10.2. The van der Waals surface area contributed by atoms with Crippen LogP contribution < -0.4 is 9.64 Å². The van der Waals surface area contributed by atoms with Crippen molar-refractivity contribution < 1.29 is 4.74 Å². The van der Waals surface area contributed by atoms with Gasteiger partial charge < -0.3 is 9.64 Å². The van der Waals surface area contributed by atoms with Crippen LogP contribution in [0.1, 0.15) is 12.7 Å². The molecule has 0 N–H and O–H groups in total. The Balaban J connectivity index is 2.12. The minimum Gasteiger partial charge on any atom is -0.491 e. The molecule has 0 saturated carbocycles. The van der Waals surface area contributed by atoms with Crippen LogP contribution in [0.15, 0.2) is 36.4 Å². The van der Waals surface area contributed by atoms with E-state index in [2.05, 4.69) is 9.97 Å². The van der Waals surface area contributed by atoms with E-state index in [9.17, 15) is 0 Å². The van der Waals surface area contributed by atoms with Gasteiger partial charge in [-0.15, -0.1) is 11.6 Å². The monoisotopic (exact) mass is 395 g/mol. The molecular formula is C18H16Cl3N3O. The van der Waals surface area contributed by atoms with Gasteiger partial charge in [0.1, 0.15) is 11.6 Å². The number of rotatable bonds is 5. The first kappa shape index (κ1) is 18.1. The first-order valence-electron chi connectivity index (χ1n) is 7.72. The molecule has 0 bridgehead atoms. The number of fused-ring (bicyclic) bond motifs is 1. The van der Waals surface area contributed by atoms with E-state index in [1.54, 1.807) is 12.1 Å². The van der Waals surface area contributed by atoms with E-state index in [0.717, 1.165) is 22.4 Å². The summed E-state index contributed by atoms with van der Waals surface area (Å²) in [7, 11) is 1.90. The maximum atomic E-state index is 6.33. The highest BCUT2D eigenvalue weighted by molar-refractivity contribution is 6.37. The lowest BCUT2D eigenvalue weighted by Crippen LogP contribution is -2.13. The largest absolute Gasteiger partial charge is 0.491 e. The summed E-state index contributed by atoms with van der Waals surface area (Å²) in [5, 5.41) is 1.82. The summed E-state index contributed by atoms with van der Waals surface area (Å²) in [4.78, 5) is 11.0. The average molecular weight is 397 g/mol. The molecule has 0 atom stereocenters. The van der Waals surface area contributed by atoms with Crippen molar-refractivity contribution in [3.8, 4) is 5.75 Å². The lowest BCUT2D eigenvalue weighted by Gasteiger charge is -2.22. The third-order valence-electron chi connectivity index (χ3n) is 3.73. The Morgan fingerprint density at radius 2 is 1.76 bits per heavy atom. The summed E-state index contributed by atoms with van der Waals surface area (Å²) < 4.78 is 5.49. The predicted molar refractivity (Wildman–Crippen MR) is 105 cm³/mol. The maximum absolute atomic E-state index is 6.33. The minimum absolute atomic E-state index is 0.233. The Bertz CT molecular complexity index is 894. The van der Waals surface area contributed by atoms with Gasteiger partial charge in [-0.05, 0) is 31.2 Å². The minimum atomic E-state index is 0.233. The standard InChI is InChI=1S/C18H16Cl3N3O/c1-3-25-17-13(20)8-11(9-14(17)21)24(2)18-12-6-4-5-7-15(12)22-16(10-19)23-18/h4-9H,3,10H2,1-2H3. The Morgan fingerprint density at radius 1 is 1.08 bits per heavy atom. The van der Waals surface area contributed by atoms with Crippen molar-refractivity contribution in [1.82, 2.24) is 9.97 Å². The van der Waals surface area contributed by atoms with Gasteiger partial charge in [0, 0.05) is 18.1 Å².